The maximum atomic E-state index is 10.7. The molecule has 0 aliphatic rings. The molecule has 0 aliphatic heterocycles. The molecule has 4 nitrogen and oxygen atoms in total. The normalized spacial score (nSPS) is 11.2. The van der Waals surface area contributed by atoms with Crippen molar-refractivity contribution >= 4 is 10.1 Å². The summed E-state index contributed by atoms with van der Waals surface area (Å²) in [5, 5.41) is 0. The van der Waals surface area contributed by atoms with Crippen LogP contribution >= 0.6 is 0 Å². The molecule has 9 heteroatoms. The number of hydrogen-bond acceptors (Lipinski definition) is 3. The molecule has 10 heavy (non-hydrogen) atoms. The Bertz CT molecular complexity index is 169. The molecule has 0 saturated heterocycles. The molecule has 0 aromatic rings. The van der Waals surface area contributed by atoms with E-state index >= 15 is 0 Å². The third-order valence-electron chi connectivity index (χ3n) is 0.283. The first kappa shape index (κ1) is 17.3. The van der Waals surface area contributed by atoms with E-state index in [1.165, 1.54) is 0 Å². The summed E-state index contributed by atoms with van der Waals surface area (Å²) >= 11 is 0. The topological polar surface area (TPSA) is 88.7 Å². The molecular weight excluding hydrogens is 338 g/mol. The number of halogens is 3. The molecule has 0 aromatic carbocycles. The van der Waals surface area contributed by atoms with Gasteiger partial charge in [0.25, 0.3) is 0 Å². The van der Waals surface area contributed by atoms with Crippen LogP contribution in [0, 0.1) is 46.9 Å². The van der Waals surface area contributed by atoms with E-state index in [0.29, 0.717) is 0 Å². The van der Waals surface area contributed by atoms with Crippen LogP contribution < -0.4 is 0 Å². The minimum atomic E-state index is -6.09. The van der Waals surface area contributed by atoms with Crippen LogP contribution in [0.2, 0.25) is 0 Å². The molecule has 0 fully saturated rings. The fourth-order valence-electron chi connectivity index (χ4n) is 0. The zero-order valence-electron chi connectivity index (χ0n) is 4.03. The minimum Gasteiger partial charge on any atom is -0.741 e. The molecule has 0 atom stereocenters. The van der Waals surface area contributed by atoms with Crippen LogP contribution in [-0.4, -0.2) is 24.0 Å². The van der Waals surface area contributed by atoms with Crippen molar-refractivity contribution in [1.82, 2.24) is 0 Å². The summed E-state index contributed by atoms with van der Waals surface area (Å²) in [4.78, 5) is 0. The quantitative estimate of drug-likeness (QED) is 0.428. The van der Waals surface area contributed by atoms with E-state index in [4.69, 9.17) is 13.0 Å². The molecule has 0 heterocycles. The first-order chi connectivity index (χ1) is 3.25. The fourth-order valence-corrected chi connectivity index (χ4v) is 0. The monoisotopic (exact) mass is 341 g/mol. The molecule has 0 bridgehead atoms. The summed E-state index contributed by atoms with van der Waals surface area (Å²) in [6.45, 7) is 0. The fraction of sp³-hybridized carbons (Fsp3) is 1.00. The molecule has 0 spiro atoms. The van der Waals surface area contributed by atoms with Crippen molar-refractivity contribution in [3.8, 4) is 0 Å². The zero-order valence-corrected chi connectivity index (χ0v) is 6.57. The summed E-state index contributed by atoms with van der Waals surface area (Å²) < 4.78 is 58.9. The van der Waals surface area contributed by atoms with E-state index in [-0.39, 0.29) is 52.4 Å². The van der Waals surface area contributed by atoms with Gasteiger partial charge in [-0.2, -0.15) is 13.2 Å². The molecule has 0 aliphatic carbocycles. The van der Waals surface area contributed by atoms with Gasteiger partial charge in [0.1, 0.15) is 0 Å². The maximum Gasteiger partial charge on any atom is 3.00 e. The van der Waals surface area contributed by atoms with E-state index in [2.05, 4.69) is 0 Å². The maximum absolute atomic E-state index is 10.7. The van der Waals surface area contributed by atoms with E-state index in [9.17, 15) is 13.2 Å². The summed E-state index contributed by atoms with van der Waals surface area (Å²) in [6.07, 6.45) is 0. The van der Waals surface area contributed by atoms with Crippen LogP contribution in [0.1, 0.15) is 0 Å². The van der Waals surface area contributed by atoms with E-state index < -0.39 is 15.6 Å². The van der Waals surface area contributed by atoms with Crippen LogP contribution in [0.4, 0.5) is 13.2 Å². The van der Waals surface area contributed by atoms with Crippen molar-refractivity contribution in [2.75, 3.05) is 0 Å². The van der Waals surface area contributed by atoms with Gasteiger partial charge in [-0.1, -0.05) is 0 Å². The Kier molecular flexibility index (Phi) is 8.55. The van der Waals surface area contributed by atoms with Gasteiger partial charge in [0.2, 0.25) is 0 Å². The van der Waals surface area contributed by atoms with Crippen molar-refractivity contribution in [3.63, 3.8) is 0 Å². The van der Waals surface area contributed by atoms with Gasteiger partial charge < -0.3 is 10.0 Å². The van der Waals surface area contributed by atoms with Gasteiger partial charge in [-0.05, 0) is 0 Å². The van der Waals surface area contributed by atoms with Gasteiger partial charge in [-0.25, -0.2) is 8.42 Å². The Balaban J connectivity index is -0.000000245. The van der Waals surface area contributed by atoms with Crippen LogP contribution in [0.3, 0.4) is 0 Å². The zero-order chi connectivity index (χ0) is 7.00. The second-order valence-electron chi connectivity index (χ2n) is 0.900. The molecule has 0 amide bonds. The van der Waals surface area contributed by atoms with E-state index in [0.717, 1.165) is 0 Å². The van der Waals surface area contributed by atoms with Crippen LogP contribution in [0.5, 0.6) is 0 Å². The van der Waals surface area contributed by atoms with Crippen molar-refractivity contribution in [2.24, 2.45) is 0 Å². The Morgan fingerprint density at radius 2 is 1.30 bits per heavy atom. The number of alkyl halides is 3. The molecule has 0 saturated carbocycles. The largest absolute Gasteiger partial charge is 3.00 e. The van der Waals surface area contributed by atoms with Gasteiger partial charge in [0.15, 0.2) is 10.1 Å². The molecule has 69 valence electrons. The Hall–Kier alpha value is 1.18. The average molecular weight is 340 g/mol. The Morgan fingerprint density at radius 1 is 1.20 bits per heavy atom. The SMILES string of the molecule is O.O=S(=O)([O-])C(F)(F)F.[Yb+3]. The summed E-state index contributed by atoms with van der Waals surface area (Å²) in [7, 11) is -6.09. The third-order valence-corrected chi connectivity index (χ3v) is 0.850. The van der Waals surface area contributed by atoms with Gasteiger partial charge >= 0.3 is 52.4 Å². The van der Waals surface area contributed by atoms with E-state index in [1.54, 1.807) is 0 Å². The van der Waals surface area contributed by atoms with Crippen molar-refractivity contribution in [3.05, 3.63) is 0 Å². The second-order valence-corrected chi connectivity index (χ2v) is 2.27. The minimum absolute atomic E-state index is 0. The standard InChI is InChI=1S/CHF3O3S.H2O.Yb/c2-1(3,4)8(5,6)7;;/h(H,5,6,7);1H2;/q;;+3/p-1. The third kappa shape index (κ3) is 5.93. The summed E-state index contributed by atoms with van der Waals surface area (Å²) in [5.41, 5.74) is -5.65. The van der Waals surface area contributed by atoms with Crippen LogP contribution in [-0.2, 0) is 10.1 Å². The molecule has 0 aromatic heterocycles. The van der Waals surface area contributed by atoms with Gasteiger partial charge in [0.05, 0.1) is 0 Å². The second kappa shape index (κ2) is 4.94. The summed E-state index contributed by atoms with van der Waals surface area (Å²) in [5.74, 6) is 0. The van der Waals surface area contributed by atoms with Crippen LogP contribution in [0.15, 0.2) is 0 Å². The Labute approximate surface area is 93.1 Å². The molecular formula is CH2F3O4SYb+2. The van der Waals surface area contributed by atoms with Gasteiger partial charge in [-0.15, -0.1) is 0 Å². The molecule has 0 rings (SSSR count). The molecule has 1 radical (unpaired) electrons. The molecule has 0 unspecified atom stereocenters. The smallest absolute Gasteiger partial charge is 0.741 e. The number of hydrogen-bond donors (Lipinski definition) is 0. The first-order valence-electron chi connectivity index (χ1n) is 1.27. The van der Waals surface area contributed by atoms with Crippen molar-refractivity contribution < 1.29 is 78.5 Å². The molecule has 2 N–H and O–H groups in total. The van der Waals surface area contributed by atoms with Crippen molar-refractivity contribution in [2.45, 2.75) is 5.51 Å². The van der Waals surface area contributed by atoms with Crippen LogP contribution in [0.25, 0.3) is 0 Å². The average Bonchev–Trinajstić information content (AvgIpc) is 1.25. The van der Waals surface area contributed by atoms with Gasteiger partial charge in [0, 0.05) is 0 Å². The predicted molar refractivity (Wildman–Crippen MR) is 19.4 cm³/mol. The van der Waals surface area contributed by atoms with Crippen molar-refractivity contribution in [1.29, 1.82) is 0 Å². The Morgan fingerprint density at radius 3 is 1.30 bits per heavy atom. The number of rotatable bonds is 0. The summed E-state index contributed by atoms with van der Waals surface area (Å²) in [6, 6.07) is 0. The van der Waals surface area contributed by atoms with E-state index in [1.807, 2.05) is 0 Å². The predicted octanol–water partition coefficient (Wildman–Crippen LogP) is -0.773. The first-order valence-corrected chi connectivity index (χ1v) is 2.68. The van der Waals surface area contributed by atoms with Gasteiger partial charge in [-0.3, -0.25) is 0 Å².